The van der Waals surface area contributed by atoms with Gasteiger partial charge < -0.3 is 10.1 Å². The van der Waals surface area contributed by atoms with Crippen LogP contribution in [0.5, 0.6) is 0 Å². The highest BCUT2D eigenvalue weighted by Crippen LogP contribution is 2.20. The van der Waals surface area contributed by atoms with Crippen LogP contribution in [0.4, 0.5) is 5.82 Å². The van der Waals surface area contributed by atoms with Gasteiger partial charge in [-0.25, -0.2) is 4.68 Å². The number of carbonyl (C=O) groups is 1. The van der Waals surface area contributed by atoms with Gasteiger partial charge in [-0.1, -0.05) is 13.8 Å². The molecule has 0 unspecified atom stereocenters. The maximum Gasteiger partial charge on any atom is 0.251 e. The third-order valence-electron chi connectivity index (χ3n) is 2.44. The molecular weight excluding hydrogens is 218 g/mol. The molecule has 0 aliphatic carbocycles. The summed E-state index contributed by atoms with van der Waals surface area (Å²) in [6.45, 7) is 6.50. The predicted octanol–water partition coefficient (Wildman–Crippen LogP) is 2.08. The first kappa shape index (κ1) is 13.7. The first-order chi connectivity index (χ1) is 8.04. The summed E-state index contributed by atoms with van der Waals surface area (Å²) in [7, 11) is 1.50. The third-order valence-corrected chi connectivity index (χ3v) is 2.44. The molecule has 1 atom stereocenters. The maximum absolute atomic E-state index is 11.4. The van der Waals surface area contributed by atoms with E-state index in [2.05, 4.69) is 31.2 Å². The Bertz CT molecular complexity index is 360. The molecule has 0 aliphatic rings. The lowest BCUT2D eigenvalue weighted by molar-refractivity contribution is -0.119. The summed E-state index contributed by atoms with van der Waals surface area (Å²) in [6.07, 6.45) is 2.72. The minimum Gasteiger partial charge on any atom is -0.375 e. The average molecular weight is 239 g/mol. The van der Waals surface area contributed by atoms with Crippen molar-refractivity contribution in [1.82, 2.24) is 9.78 Å². The number of aromatic nitrogens is 2. The second-order valence-electron chi connectivity index (χ2n) is 4.62. The van der Waals surface area contributed by atoms with Gasteiger partial charge in [-0.05, 0) is 19.3 Å². The fourth-order valence-electron chi connectivity index (χ4n) is 1.86. The van der Waals surface area contributed by atoms with Gasteiger partial charge in [0, 0.05) is 13.2 Å². The standard InChI is InChI=1S/C12H21N3O2/c1-9(2)7-10(3)15-11(5-6-13-15)14-12(16)8-17-4/h5-6,9-10H,7-8H2,1-4H3,(H,14,16)/t10-/m0/s1. The molecule has 0 saturated carbocycles. The van der Waals surface area contributed by atoms with Gasteiger partial charge >= 0.3 is 0 Å². The molecule has 1 rings (SSSR count). The van der Waals surface area contributed by atoms with Crippen LogP contribution in [-0.4, -0.2) is 29.4 Å². The molecule has 0 bridgehead atoms. The maximum atomic E-state index is 11.4. The summed E-state index contributed by atoms with van der Waals surface area (Å²) in [6, 6.07) is 2.06. The van der Waals surface area contributed by atoms with Gasteiger partial charge in [-0.2, -0.15) is 5.10 Å². The number of anilines is 1. The molecule has 0 radical (unpaired) electrons. The third kappa shape index (κ3) is 4.19. The number of amides is 1. The normalized spacial score (nSPS) is 12.8. The zero-order valence-electron chi connectivity index (χ0n) is 10.9. The minimum atomic E-state index is -0.161. The molecule has 1 aromatic heterocycles. The van der Waals surface area contributed by atoms with Crippen LogP contribution in [0.25, 0.3) is 0 Å². The van der Waals surface area contributed by atoms with Gasteiger partial charge in [0.25, 0.3) is 5.91 Å². The molecule has 0 spiro atoms. The molecule has 0 aromatic carbocycles. The fraction of sp³-hybridized carbons (Fsp3) is 0.667. The first-order valence-corrected chi connectivity index (χ1v) is 5.87. The molecule has 5 heteroatoms. The smallest absolute Gasteiger partial charge is 0.251 e. The molecule has 0 aliphatic heterocycles. The molecule has 0 fully saturated rings. The van der Waals surface area contributed by atoms with Crippen LogP contribution in [0.3, 0.4) is 0 Å². The monoisotopic (exact) mass is 239 g/mol. The van der Waals surface area contributed by atoms with Crippen LogP contribution >= 0.6 is 0 Å². The van der Waals surface area contributed by atoms with E-state index in [0.29, 0.717) is 5.92 Å². The van der Waals surface area contributed by atoms with E-state index in [0.717, 1.165) is 12.2 Å². The first-order valence-electron chi connectivity index (χ1n) is 5.87. The van der Waals surface area contributed by atoms with E-state index in [1.165, 1.54) is 7.11 Å². The van der Waals surface area contributed by atoms with E-state index in [9.17, 15) is 4.79 Å². The highest BCUT2D eigenvalue weighted by molar-refractivity contribution is 5.90. The number of carbonyl (C=O) groups excluding carboxylic acids is 1. The Morgan fingerprint density at radius 3 is 2.82 bits per heavy atom. The number of hydrogen-bond donors (Lipinski definition) is 1. The van der Waals surface area contributed by atoms with Gasteiger partial charge in [0.05, 0.1) is 12.2 Å². The predicted molar refractivity (Wildman–Crippen MR) is 66.9 cm³/mol. The van der Waals surface area contributed by atoms with Crippen molar-refractivity contribution in [1.29, 1.82) is 0 Å². The lowest BCUT2D eigenvalue weighted by Gasteiger charge is -2.17. The van der Waals surface area contributed by atoms with Crippen molar-refractivity contribution in [3.05, 3.63) is 12.3 Å². The number of nitrogens with one attached hydrogen (secondary N) is 1. The molecule has 5 nitrogen and oxygen atoms in total. The van der Waals surface area contributed by atoms with Crippen LogP contribution in [0.15, 0.2) is 12.3 Å². The number of ether oxygens (including phenoxy) is 1. The summed E-state index contributed by atoms with van der Waals surface area (Å²) in [5, 5.41) is 7.03. The summed E-state index contributed by atoms with van der Waals surface area (Å²) in [5.74, 6) is 1.16. The molecular formula is C12H21N3O2. The molecule has 1 aromatic rings. The van der Waals surface area contributed by atoms with Crippen LogP contribution in [0.1, 0.15) is 33.2 Å². The van der Waals surface area contributed by atoms with Crippen molar-refractivity contribution >= 4 is 11.7 Å². The lowest BCUT2D eigenvalue weighted by atomic mass is 10.1. The lowest BCUT2D eigenvalue weighted by Crippen LogP contribution is -2.21. The van der Waals surface area contributed by atoms with E-state index < -0.39 is 0 Å². The molecule has 96 valence electrons. The van der Waals surface area contributed by atoms with Crippen molar-refractivity contribution in [3.8, 4) is 0 Å². The largest absolute Gasteiger partial charge is 0.375 e. The number of rotatable bonds is 6. The zero-order chi connectivity index (χ0) is 12.8. The Morgan fingerprint density at radius 2 is 2.24 bits per heavy atom. The van der Waals surface area contributed by atoms with E-state index >= 15 is 0 Å². The van der Waals surface area contributed by atoms with Gasteiger partial charge in [-0.3, -0.25) is 4.79 Å². The van der Waals surface area contributed by atoms with Gasteiger partial charge in [0.1, 0.15) is 12.4 Å². The molecule has 1 amide bonds. The van der Waals surface area contributed by atoms with Crippen LogP contribution in [-0.2, 0) is 9.53 Å². The Morgan fingerprint density at radius 1 is 1.53 bits per heavy atom. The SMILES string of the molecule is COCC(=O)Nc1ccnn1[C@@H](C)CC(C)C. The van der Waals surface area contributed by atoms with Crippen molar-refractivity contribution in [2.45, 2.75) is 33.2 Å². The van der Waals surface area contributed by atoms with Crippen molar-refractivity contribution < 1.29 is 9.53 Å². The highest BCUT2D eigenvalue weighted by atomic mass is 16.5. The summed E-state index contributed by atoms with van der Waals surface area (Å²) in [4.78, 5) is 11.4. The number of nitrogens with zero attached hydrogens (tertiary/aromatic N) is 2. The van der Waals surface area contributed by atoms with Gasteiger partial charge in [0.2, 0.25) is 0 Å². The van der Waals surface area contributed by atoms with Crippen LogP contribution < -0.4 is 5.32 Å². The van der Waals surface area contributed by atoms with Crippen LogP contribution in [0.2, 0.25) is 0 Å². The summed E-state index contributed by atoms with van der Waals surface area (Å²) < 4.78 is 6.62. The second-order valence-corrected chi connectivity index (χ2v) is 4.62. The Kier molecular flexibility index (Phi) is 5.15. The molecule has 17 heavy (non-hydrogen) atoms. The van der Waals surface area contributed by atoms with Gasteiger partial charge in [-0.15, -0.1) is 0 Å². The van der Waals surface area contributed by atoms with E-state index in [-0.39, 0.29) is 18.6 Å². The van der Waals surface area contributed by atoms with E-state index in [1.54, 1.807) is 12.3 Å². The number of methoxy groups -OCH3 is 1. The van der Waals surface area contributed by atoms with Gasteiger partial charge in [0.15, 0.2) is 0 Å². The molecule has 1 N–H and O–H groups in total. The van der Waals surface area contributed by atoms with Crippen molar-refractivity contribution in [2.75, 3.05) is 19.0 Å². The zero-order valence-corrected chi connectivity index (χ0v) is 10.9. The fourth-order valence-corrected chi connectivity index (χ4v) is 1.86. The van der Waals surface area contributed by atoms with Crippen molar-refractivity contribution in [2.24, 2.45) is 5.92 Å². The van der Waals surface area contributed by atoms with E-state index in [1.807, 2.05) is 4.68 Å². The number of hydrogen-bond acceptors (Lipinski definition) is 3. The topological polar surface area (TPSA) is 56.1 Å². The van der Waals surface area contributed by atoms with Crippen LogP contribution in [0, 0.1) is 5.92 Å². The Hall–Kier alpha value is -1.36. The average Bonchev–Trinajstić information content (AvgIpc) is 2.65. The summed E-state index contributed by atoms with van der Waals surface area (Å²) in [5.41, 5.74) is 0. The highest BCUT2D eigenvalue weighted by Gasteiger charge is 2.13. The molecule has 1 heterocycles. The minimum absolute atomic E-state index is 0.0593. The summed E-state index contributed by atoms with van der Waals surface area (Å²) >= 11 is 0. The quantitative estimate of drug-likeness (QED) is 0.826. The molecule has 0 saturated heterocycles. The second kappa shape index (κ2) is 6.39. The van der Waals surface area contributed by atoms with Crippen molar-refractivity contribution in [3.63, 3.8) is 0 Å². The Balaban J connectivity index is 2.68. The Labute approximate surface area is 102 Å². The van der Waals surface area contributed by atoms with E-state index in [4.69, 9.17) is 4.74 Å².